The number of anilines is 1. The predicted octanol–water partition coefficient (Wildman–Crippen LogP) is 5.21. The first-order valence-electron chi connectivity index (χ1n) is 6.40. The van der Waals surface area contributed by atoms with Gasteiger partial charge < -0.3 is 5.32 Å². The van der Waals surface area contributed by atoms with Gasteiger partial charge >= 0.3 is 0 Å². The van der Waals surface area contributed by atoms with Crippen molar-refractivity contribution >= 4 is 28.6 Å². The topological polar surface area (TPSA) is 24.9 Å². The highest BCUT2D eigenvalue weighted by molar-refractivity contribution is 7.13. The molecule has 1 heterocycles. The van der Waals surface area contributed by atoms with Gasteiger partial charge in [0, 0.05) is 40.0 Å². The molecule has 0 spiro atoms. The number of halogens is 2. The molecule has 2 nitrogen and oxygen atoms in total. The summed E-state index contributed by atoms with van der Waals surface area (Å²) in [6, 6.07) is 12.6. The van der Waals surface area contributed by atoms with Crippen molar-refractivity contribution in [2.24, 2.45) is 0 Å². The van der Waals surface area contributed by atoms with Gasteiger partial charge in [-0.25, -0.2) is 9.37 Å². The van der Waals surface area contributed by atoms with Crippen LogP contribution >= 0.6 is 22.9 Å². The van der Waals surface area contributed by atoms with Gasteiger partial charge in [-0.2, -0.15) is 0 Å². The fourth-order valence-electron chi connectivity index (χ4n) is 1.96. The number of nitrogens with zero attached hydrogens (tertiary/aromatic N) is 1. The van der Waals surface area contributed by atoms with Crippen molar-refractivity contribution in [3.05, 3.63) is 70.4 Å². The van der Waals surface area contributed by atoms with E-state index in [1.54, 1.807) is 29.7 Å². The minimum Gasteiger partial charge on any atom is -0.381 e. The average molecular weight is 319 g/mol. The van der Waals surface area contributed by atoms with E-state index in [1.165, 1.54) is 6.07 Å². The number of hydrogen-bond donors (Lipinski definition) is 1. The van der Waals surface area contributed by atoms with Crippen LogP contribution in [0.25, 0.3) is 10.6 Å². The third-order valence-corrected chi connectivity index (χ3v) is 4.12. The lowest BCUT2D eigenvalue weighted by Crippen LogP contribution is -2.01. The zero-order valence-corrected chi connectivity index (χ0v) is 12.6. The fourth-order valence-corrected chi connectivity index (χ4v) is 2.76. The lowest BCUT2D eigenvalue weighted by molar-refractivity contribution is 0.613. The van der Waals surface area contributed by atoms with Crippen LogP contribution in [0.4, 0.5) is 10.1 Å². The van der Waals surface area contributed by atoms with Crippen LogP contribution in [-0.4, -0.2) is 4.98 Å². The minimum absolute atomic E-state index is 0.297. The SMILES string of the molecule is Fc1cc(Cl)ccc1CNc1ccc(-c2nccs2)cc1. The van der Waals surface area contributed by atoms with Crippen molar-refractivity contribution in [2.75, 3.05) is 5.32 Å². The van der Waals surface area contributed by atoms with E-state index in [2.05, 4.69) is 10.3 Å². The van der Waals surface area contributed by atoms with Crippen molar-refractivity contribution in [3.8, 4) is 10.6 Å². The Balaban J connectivity index is 1.68. The molecular formula is C16H12ClFN2S. The monoisotopic (exact) mass is 318 g/mol. The quantitative estimate of drug-likeness (QED) is 0.714. The zero-order chi connectivity index (χ0) is 14.7. The van der Waals surface area contributed by atoms with Crippen molar-refractivity contribution in [1.29, 1.82) is 0 Å². The number of rotatable bonds is 4. The first-order valence-corrected chi connectivity index (χ1v) is 7.66. The Kier molecular flexibility index (Phi) is 4.18. The maximum absolute atomic E-state index is 13.7. The zero-order valence-electron chi connectivity index (χ0n) is 11.0. The standard InChI is InChI=1S/C16H12ClFN2S/c17-13-4-1-12(15(18)9-13)10-20-14-5-2-11(3-6-14)16-19-7-8-21-16/h1-9,20H,10H2. The molecule has 0 aliphatic heterocycles. The number of benzene rings is 2. The van der Waals surface area contributed by atoms with Crippen LogP contribution in [0.5, 0.6) is 0 Å². The molecule has 3 rings (SSSR count). The summed E-state index contributed by atoms with van der Waals surface area (Å²) in [5.41, 5.74) is 2.60. The van der Waals surface area contributed by atoms with Gasteiger partial charge in [-0.15, -0.1) is 11.3 Å². The Morgan fingerprint density at radius 2 is 1.95 bits per heavy atom. The number of nitrogens with one attached hydrogen (secondary N) is 1. The lowest BCUT2D eigenvalue weighted by atomic mass is 10.2. The first-order chi connectivity index (χ1) is 10.2. The van der Waals surface area contributed by atoms with Crippen molar-refractivity contribution in [3.63, 3.8) is 0 Å². The lowest BCUT2D eigenvalue weighted by Gasteiger charge is -2.08. The van der Waals surface area contributed by atoms with E-state index >= 15 is 0 Å². The first kappa shape index (κ1) is 14.0. The summed E-state index contributed by atoms with van der Waals surface area (Å²) in [6.45, 7) is 0.416. The van der Waals surface area contributed by atoms with E-state index in [0.717, 1.165) is 16.3 Å². The summed E-state index contributed by atoms with van der Waals surface area (Å²) in [5, 5.41) is 6.54. The van der Waals surface area contributed by atoms with Gasteiger partial charge in [0.1, 0.15) is 10.8 Å². The van der Waals surface area contributed by atoms with E-state index in [0.29, 0.717) is 17.1 Å². The largest absolute Gasteiger partial charge is 0.381 e. The van der Waals surface area contributed by atoms with Crippen LogP contribution < -0.4 is 5.32 Å². The smallest absolute Gasteiger partial charge is 0.129 e. The van der Waals surface area contributed by atoms with Crippen LogP contribution in [0.2, 0.25) is 5.02 Å². The fraction of sp³-hybridized carbons (Fsp3) is 0.0625. The average Bonchev–Trinajstić information content (AvgIpc) is 3.01. The van der Waals surface area contributed by atoms with Crippen molar-refractivity contribution < 1.29 is 4.39 Å². The van der Waals surface area contributed by atoms with Gasteiger partial charge in [0.15, 0.2) is 0 Å². The number of aromatic nitrogens is 1. The molecule has 0 saturated heterocycles. The van der Waals surface area contributed by atoms with E-state index in [-0.39, 0.29) is 5.82 Å². The van der Waals surface area contributed by atoms with Crippen LogP contribution in [0.3, 0.4) is 0 Å². The molecule has 21 heavy (non-hydrogen) atoms. The number of hydrogen-bond acceptors (Lipinski definition) is 3. The third kappa shape index (κ3) is 3.40. The Morgan fingerprint density at radius 3 is 2.62 bits per heavy atom. The molecule has 0 radical (unpaired) electrons. The number of thiazole rings is 1. The van der Waals surface area contributed by atoms with E-state index < -0.39 is 0 Å². The second-order valence-electron chi connectivity index (χ2n) is 4.50. The van der Waals surface area contributed by atoms with E-state index in [9.17, 15) is 4.39 Å². The van der Waals surface area contributed by atoms with Gasteiger partial charge in [0.2, 0.25) is 0 Å². The second-order valence-corrected chi connectivity index (χ2v) is 5.83. The summed E-state index contributed by atoms with van der Waals surface area (Å²) in [4.78, 5) is 4.27. The predicted molar refractivity (Wildman–Crippen MR) is 86.3 cm³/mol. The molecule has 0 bridgehead atoms. The van der Waals surface area contributed by atoms with E-state index in [1.807, 2.05) is 29.6 Å². The Labute approximate surface area is 131 Å². The Morgan fingerprint density at radius 1 is 1.14 bits per heavy atom. The highest BCUT2D eigenvalue weighted by atomic mass is 35.5. The third-order valence-electron chi connectivity index (χ3n) is 3.06. The van der Waals surface area contributed by atoms with Gasteiger partial charge in [0.25, 0.3) is 0 Å². The minimum atomic E-state index is -0.297. The maximum atomic E-state index is 13.7. The molecule has 5 heteroatoms. The molecule has 1 N–H and O–H groups in total. The molecule has 1 aromatic heterocycles. The molecule has 106 valence electrons. The molecule has 3 aromatic rings. The van der Waals surface area contributed by atoms with Crippen LogP contribution in [0.15, 0.2) is 54.0 Å². The maximum Gasteiger partial charge on any atom is 0.129 e. The van der Waals surface area contributed by atoms with Gasteiger partial charge in [-0.1, -0.05) is 17.7 Å². The van der Waals surface area contributed by atoms with Gasteiger partial charge in [-0.3, -0.25) is 0 Å². The van der Waals surface area contributed by atoms with Crippen LogP contribution in [-0.2, 0) is 6.54 Å². The summed E-state index contributed by atoms with van der Waals surface area (Å²) in [7, 11) is 0. The normalized spacial score (nSPS) is 10.6. The molecule has 0 aliphatic carbocycles. The van der Waals surface area contributed by atoms with Crippen molar-refractivity contribution in [2.45, 2.75) is 6.54 Å². The van der Waals surface area contributed by atoms with Crippen LogP contribution in [0, 0.1) is 5.82 Å². The Hall–Kier alpha value is -1.91. The van der Waals surface area contributed by atoms with Gasteiger partial charge in [0.05, 0.1) is 0 Å². The van der Waals surface area contributed by atoms with Crippen molar-refractivity contribution in [1.82, 2.24) is 4.98 Å². The van der Waals surface area contributed by atoms with Crippen LogP contribution in [0.1, 0.15) is 5.56 Å². The highest BCUT2D eigenvalue weighted by Crippen LogP contribution is 2.23. The Bertz CT molecular complexity index is 727. The highest BCUT2D eigenvalue weighted by Gasteiger charge is 2.04. The second kappa shape index (κ2) is 6.24. The summed E-state index contributed by atoms with van der Waals surface area (Å²) < 4.78 is 13.7. The molecule has 0 amide bonds. The molecule has 2 aromatic carbocycles. The van der Waals surface area contributed by atoms with E-state index in [4.69, 9.17) is 11.6 Å². The molecule has 0 atom stereocenters. The van der Waals surface area contributed by atoms with Gasteiger partial charge in [-0.05, 0) is 36.4 Å². The molecule has 0 saturated carbocycles. The summed E-state index contributed by atoms with van der Waals surface area (Å²) in [5.74, 6) is -0.297. The summed E-state index contributed by atoms with van der Waals surface area (Å²) in [6.07, 6.45) is 1.79. The molecule has 0 unspecified atom stereocenters. The molecule has 0 aliphatic rings. The molecular weight excluding hydrogens is 307 g/mol. The molecule has 0 fully saturated rings. The summed E-state index contributed by atoms with van der Waals surface area (Å²) >= 11 is 7.34.